The van der Waals surface area contributed by atoms with Crippen LogP contribution in [0.25, 0.3) is 0 Å². The van der Waals surface area contributed by atoms with E-state index in [2.05, 4.69) is 17.6 Å². The summed E-state index contributed by atoms with van der Waals surface area (Å²) in [6.07, 6.45) is 4.66. The number of hydrogen-bond donors (Lipinski definition) is 1. The van der Waals surface area contributed by atoms with Crippen molar-refractivity contribution >= 4 is 17.4 Å². The minimum atomic E-state index is 0.385. The summed E-state index contributed by atoms with van der Waals surface area (Å²) >= 11 is 1.90. The molecule has 0 aliphatic heterocycles. The van der Waals surface area contributed by atoms with E-state index in [0.29, 0.717) is 10.3 Å². The molecule has 0 spiro atoms. The molecule has 0 aromatic heterocycles. The van der Waals surface area contributed by atoms with Gasteiger partial charge in [0.25, 0.3) is 0 Å². The molecule has 1 aliphatic rings. The molecule has 1 fully saturated rings. The van der Waals surface area contributed by atoms with Crippen molar-refractivity contribution in [3.05, 3.63) is 23.8 Å². The van der Waals surface area contributed by atoms with Crippen molar-refractivity contribution < 1.29 is 4.74 Å². The van der Waals surface area contributed by atoms with Gasteiger partial charge in [0.2, 0.25) is 0 Å². The second kappa shape index (κ2) is 4.89. The predicted octanol–water partition coefficient (Wildman–Crippen LogP) is 2.87. The topological polar surface area (TPSA) is 45.0 Å². The van der Waals surface area contributed by atoms with Crippen molar-refractivity contribution in [3.63, 3.8) is 0 Å². The molecule has 3 nitrogen and oxygen atoms in total. The molecule has 0 saturated heterocycles. The second-order valence-corrected chi connectivity index (χ2v) is 5.54. The number of hydrogen-bond acceptors (Lipinski definition) is 4. The normalized spacial score (nSPS) is 16.1. The van der Waals surface area contributed by atoms with E-state index < -0.39 is 0 Å². The molecular formula is C13H16N2OS. The summed E-state index contributed by atoms with van der Waals surface area (Å²) in [5, 5.41) is 12.4. The Morgan fingerprint density at radius 1 is 1.53 bits per heavy atom. The van der Waals surface area contributed by atoms with Crippen molar-refractivity contribution in [1.29, 1.82) is 5.26 Å². The molecule has 1 N–H and O–H groups in total. The minimum Gasteiger partial charge on any atom is -0.497 e. The molecule has 17 heavy (non-hydrogen) atoms. The van der Waals surface area contributed by atoms with Crippen molar-refractivity contribution in [1.82, 2.24) is 0 Å². The van der Waals surface area contributed by atoms with Crippen LogP contribution in [0.1, 0.15) is 18.4 Å². The average Bonchev–Trinajstić information content (AvgIpc) is 3.16. The molecular weight excluding hydrogens is 232 g/mol. The van der Waals surface area contributed by atoms with Gasteiger partial charge in [-0.3, -0.25) is 0 Å². The van der Waals surface area contributed by atoms with E-state index in [0.717, 1.165) is 18.0 Å². The largest absolute Gasteiger partial charge is 0.497 e. The Morgan fingerprint density at radius 2 is 2.29 bits per heavy atom. The van der Waals surface area contributed by atoms with E-state index in [4.69, 9.17) is 10.00 Å². The first-order valence-corrected chi connectivity index (χ1v) is 6.83. The van der Waals surface area contributed by atoms with Gasteiger partial charge in [-0.15, -0.1) is 0 Å². The zero-order valence-corrected chi connectivity index (χ0v) is 10.9. The number of rotatable bonds is 5. The van der Waals surface area contributed by atoms with Crippen LogP contribution >= 0.6 is 11.8 Å². The van der Waals surface area contributed by atoms with Gasteiger partial charge in [-0.2, -0.15) is 17.0 Å². The molecule has 1 aromatic carbocycles. The van der Waals surface area contributed by atoms with Crippen LogP contribution in [0.3, 0.4) is 0 Å². The maximum absolute atomic E-state index is 9.05. The molecule has 1 aliphatic carbocycles. The second-order valence-electron chi connectivity index (χ2n) is 4.26. The van der Waals surface area contributed by atoms with Crippen LogP contribution in [0.5, 0.6) is 5.75 Å². The van der Waals surface area contributed by atoms with Crippen molar-refractivity contribution in [2.45, 2.75) is 17.6 Å². The summed E-state index contributed by atoms with van der Waals surface area (Å²) in [5.41, 5.74) is 1.54. The first-order valence-electron chi connectivity index (χ1n) is 5.60. The van der Waals surface area contributed by atoms with Gasteiger partial charge in [0.1, 0.15) is 11.8 Å². The molecule has 0 heterocycles. The Balaban J connectivity index is 2.11. The van der Waals surface area contributed by atoms with Crippen LogP contribution < -0.4 is 10.1 Å². The first-order chi connectivity index (χ1) is 8.23. The minimum absolute atomic E-state index is 0.385. The number of nitrogens with zero attached hydrogens (tertiary/aromatic N) is 1. The molecule has 90 valence electrons. The monoisotopic (exact) mass is 248 g/mol. The third-order valence-corrected chi connectivity index (χ3v) is 4.61. The quantitative estimate of drug-likeness (QED) is 0.870. The van der Waals surface area contributed by atoms with Crippen molar-refractivity contribution in [2.75, 3.05) is 25.2 Å². The highest BCUT2D eigenvalue weighted by molar-refractivity contribution is 8.00. The summed E-state index contributed by atoms with van der Waals surface area (Å²) in [6, 6.07) is 7.68. The van der Waals surface area contributed by atoms with E-state index in [-0.39, 0.29) is 0 Å². The Morgan fingerprint density at radius 3 is 2.82 bits per heavy atom. The van der Waals surface area contributed by atoms with Gasteiger partial charge in [-0.1, -0.05) is 0 Å². The Hall–Kier alpha value is -1.34. The number of benzene rings is 1. The smallest absolute Gasteiger partial charge is 0.121 e. The lowest BCUT2D eigenvalue weighted by atomic mass is 10.2. The number of ether oxygens (including phenoxy) is 1. The Kier molecular flexibility index (Phi) is 3.49. The summed E-state index contributed by atoms with van der Waals surface area (Å²) < 4.78 is 5.56. The van der Waals surface area contributed by atoms with Crippen LogP contribution in [-0.2, 0) is 0 Å². The number of nitrogens with one attached hydrogen (secondary N) is 1. The van der Waals surface area contributed by atoms with Crippen molar-refractivity contribution in [2.24, 2.45) is 0 Å². The van der Waals surface area contributed by atoms with E-state index >= 15 is 0 Å². The standard InChI is InChI=1S/C13H16N2OS/c1-16-11-4-3-10(8-14)12(7-11)15-9-13(17-2)5-6-13/h3-4,7,15H,5-6,9H2,1-2H3. The van der Waals surface area contributed by atoms with Crippen LogP contribution in [-0.4, -0.2) is 24.7 Å². The van der Waals surface area contributed by atoms with Crippen LogP contribution in [0.15, 0.2) is 18.2 Å². The zero-order valence-electron chi connectivity index (χ0n) is 10.1. The summed E-state index contributed by atoms with van der Waals surface area (Å²) in [5.74, 6) is 0.778. The lowest BCUT2D eigenvalue weighted by Gasteiger charge is -2.15. The van der Waals surface area contributed by atoms with E-state index in [1.54, 1.807) is 13.2 Å². The van der Waals surface area contributed by atoms with Gasteiger partial charge < -0.3 is 10.1 Å². The Bertz CT molecular complexity index is 449. The summed E-state index contributed by atoms with van der Waals surface area (Å²) in [4.78, 5) is 0. The molecule has 4 heteroatoms. The highest BCUT2D eigenvalue weighted by Crippen LogP contribution is 2.47. The summed E-state index contributed by atoms with van der Waals surface area (Å²) in [6.45, 7) is 0.913. The highest BCUT2D eigenvalue weighted by atomic mass is 32.2. The van der Waals surface area contributed by atoms with Gasteiger partial charge in [0.15, 0.2) is 0 Å². The molecule has 0 amide bonds. The van der Waals surface area contributed by atoms with Gasteiger partial charge in [0.05, 0.1) is 18.4 Å². The van der Waals surface area contributed by atoms with Gasteiger partial charge in [0, 0.05) is 17.4 Å². The number of anilines is 1. The predicted molar refractivity (Wildman–Crippen MR) is 71.7 cm³/mol. The molecule has 1 aromatic rings. The third-order valence-electron chi connectivity index (χ3n) is 3.19. The first kappa shape index (κ1) is 12.1. The maximum Gasteiger partial charge on any atom is 0.121 e. The molecule has 1 saturated carbocycles. The lowest BCUT2D eigenvalue weighted by molar-refractivity contribution is 0.415. The SMILES string of the molecule is COc1ccc(C#N)c(NCC2(SC)CC2)c1. The van der Waals surface area contributed by atoms with E-state index in [1.807, 2.05) is 23.9 Å². The fourth-order valence-corrected chi connectivity index (χ4v) is 2.47. The van der Waals surface area contributed by atoms with Crippen molar-refractivity contribution in [3.8, 4) is 11.8 Å². The molecule has 0 radical (unpaired) electrons. The molecule has 2 rings (SSSR count). The number of thioether (sulfide) groups is 1. The highest BCUT2D eigenvalue weighted by Gasteiger charge is 2.41. The van der Waals surface area contributed by atoms with Crippen LogP contribution in [0.2, 0.25) is 0 Å². The van der Waals surface area contributed by atoms with E-state index in [1.165, 1.54) is 12.8 Å². The van der Waals surface area contributed by atoms with Gasteiger partial charge in [-0.05, 0) is 31.2 Å². The maximum atomic E-state index is 9.05. The van der Waals surface area contributed by atoms with Crippen LogP contribution in [0, 0.1) is 11.3 Å². The molecule has 0 unspecified atom stereocenters. The Labute approximate surface area is 106 Å². The number of methoxy groups -OCH3 is 1. The van der Waals surface area contributed by atoms with E-state index in [9.17, 15) is 0 Å². The fourth-order valence-electron chi connectivity index (χ4n) is 1.74. The number of nitriles is 1. The fraction of sp³-hybridized carbons (Fsp3) is 0.462. The average molecular weight is 248 g/mol. The van der Waals surface area contributed by atoms with Gasteiger partial charge in [-0.25, -0.2) is 0 Å². The zero-order chi connectivity index (χ0) is 12.3. The van der Waals surface area contributed by atoms with Crippen LogP contribution in [0.4, 0.5) is 5.69 Å². The molecule has 0 atom stereocenters. The summed E-state index contributed by atoms with van der Waals surface area (Å²) in [7, 11) is 1.63. The molecule has 0 bridgehead atoms. The lowest BCUT2D eigenvalue weighted by Crippen LogP contribution is -2.17. The third kappa shape index (κ3) is 2.67. The van der Waals surface area contributed by atoms with Gasteiger partial charge >= 0.3 is 0 Å².